The van der Waals surface area contributed by atoms with Gasteiger partial charge in [-0.3, -0.25) is 9.59 Å². The van der Waals surface area contributed by atoms with Crippen LogP contribution in [0, 0.1) is 0 Å². The fraction of sp³-hybridized carbons (Fsp3) is 0.738. The van der Waals surface area contributed by atoms with Crippen LogP contribution < -0.4 is 0 Å². The molecule has 0 amide bonds. The predicted molar refractivity (Wildman–Crippen MR) is 288 cm³/mol. The zero-order chi connectivity index (χ0) is 47.7. The number of hydrogen-bond acceptors (Lipinski definition) is 5. The van der Waals surface area contributed by atoms with Gasteiger partial charge >= 0.3 is 11.9 Å². The van der Waals surface area contributed by atoms with E-state index in [1.54, 1.807) is 0 Å². The van der Waals surface area contributed by atoms with Crippen LogP contribution in [0.1, 0.15) is 265 Å². The molecule has 0 saturated heterocycles. The van der Waals surface area contributed by atoms with Gasteiger partial charge in [0, 0.05) is 19.4 Å². The van der Waals surface area contributed by atoms with Gasteiger partial charge < -0.3 is 14.2 Å². The summed E-state index contributed by atoms with van der Waals surface area (Å²) >= 11 is 0. The molecule has 0 aromatic rings. The van der Waals surface area contributed by atoms with Crippen molar-refractivity contribution in [2.75, 3.05) is 19.8 Å². The lowest BCUT2D eigenvalue weighted by Gasteiger charge is -2.18. The van der Waals surface area contributed by atoms with Gasteiger partial charge in [0.1, 0.15) is 6.61 Å². The molecule has 0 aliphatic carbocycles. The normalized spacial score (nSPS) is 12.8. The molecule has 0 fully saturated rings. The van der Waals surface area contributed by atoms with Crippen molar-refractivity contribution in [3.63, 3.8) is 0 Å². The number of ether oxygens (including phenoxy) is 3. The van der Waals surface area contributed by atoms with Gasteiger partial charge in [-0.05, 0) is 83.5 Å². The standard InChI is InChI=1S/C61H106O5/c1-4-7-10-13-16-19-22-25-28-30-31-33-34-36-39-42-45-48-51-54-60(62)65-58-59(57-64-56-53-50-47-44-41-38-27-24-21-18-15-12-9-6-3)66-61(63)55-52-49-46-43-40-37-35-32-29-26-23-20-17-14-11-8-5-2/h8,11-12,15,17,20-21,24,26,29,35,37,43,46,59H,4-7,9-10,13-14,16,18-19,22-23,25,27-28,30-34,36,38-42,44-45,47-58H2,1-3H3/b11-8-,15-12-,20-17-,24-21-,29-26-,37-35-,46-43-. The molecule has 0 aliphatic heterocycles. The maximum absolute atomic E-state index is 12.8. The third kappa shape index (κ3) is 53.7. The number of carbonyl (C=O) groups excluding carboxylic acids is 2. The van der Waals surface area contributed by atoms with Crippen LogP contribution in [-0.2, 0) is 23.8 Å². The lowest BCUT2D eigenvalue weighted by Crippen LogP contribution is -2.30. The highest BCUT2D eigenvalue weighted by Crippen LogP contribution is 2.16. The Hall–Kier alpha value is -2.92. The van der Waals surface area contributed by atoms with Crippen LogP contribution in [0.5, 0.6) is 0 Å². The van der Waals surface area contributed by atoms with E-state index in [1.165, 1.54) is 154 Å². The average Bonchev–Trinajstić information content (AvgIpc) is 3.32. The van der Waals surface area contributed by atoms with Gasteiger partial charge in [0.05, 0.1) is 6.61 Å². The molecule has 1 unspecified atom stereocenters. The van der Waals surface area contributed by atoms with Crippen LogP contribution in [0.4, 0.5) is 0 Å². The van der Waals surface area contributed by atoms with Crippen LogP contribution in [0.25, 0.3) is 0 Å². The first-order chi connectivity index (χ1) is 32.6. The summed E-state index contributed by atoms with van der Waals surface area (Å²) in [4.78, 5) is 25.5. The summed E-state index contributed by atoms with van der Waals surface area (Å²) in [5, 5.41) is 0. The Bertz CT molecular complexity index is 1220. The maximum atomic E-state index is 12.8. The number of carbonyl (C=O) groups is 2. The largest absolute Gasteiger partial charge is 0.462 e. The Morgan fingerprint density at radius 1 is 0.348 bits per heavy atom. The maximum Gasteiger partial charge on any atom is 0.306 e. The molecule has 0 spiro atoms. The van der Waals surface area contributed by atoms with Crippen molar-refractivity contribution < 1.29 is 23.8 Å². The first kappa shape index (κ1) is 63.1. The molecule has 1 atom stereocenters. The summed E-state index contributed by atoms with van der Waals surface area (Å²) in [6.07, 6.45) is 74.7. The van der Waals surface area contributed by atoms with Gasteiger partial charge in [-0.15, -0.1) is 0 Å². The second-order valence-corrected chi connectivity index (χ2v) is 18.5. The van der Waals surface area contributed by atoms with E-state index in [1.807, 2.05) is 0 Å². The monoisotopic (exact) mass is 919 g/mol. The lowest BCUT2D eigenvalue weighted by atomic mass is 10.0. The fourth-order valence-electron chi connectivity index (χ4n) is 7.76. The van der Waals surface area contributed by atoms with Gasteiger partial charge in [-0.25, -0.2) is 0 Å². The predicted octanol–water partition coefficient (Wildman–Crippen LogP) is 19.2. The van der Waals surface area contributed by atoms with Gasteiger partial charge in [0.2, 0.25) is 0 Å². The molecule has 0 rings (SSSR count). The van der Waals surface area contributed by atoms with Crippen molar-refractivity contribution in [2.24, 2.45) is 0 Å². The molecule has 0 aliphatic rings. The van der Waals surface area contributed by atoms with E-state index in [4.69, 9.17) is 14.2 Å². The summed E-state index contributed by atoms with van der Waals surface area (Å²) in [6.45, 7) is 7.60. The molecule has 66 heavy (non-hydrogen) atoms. The van der Waals surface area contributed by atoms with Crippen molar-refractivity contribution in [1.29, 1.82) is 0 Å². The van der Waals surface area contributed by atoms with Crippen LogP contribution >= 0.6 is 0 Å². The Morgan fingerprint density at radius 3 is 1.20 bits per heavy atom. The Balaban J connectivity index is 4.33. The minimum Gasteiger partial charge on any atom is -0.462 e. The summed E-state index contributed by atoms with van der Waals surface area (Å²) in [7, 11) is 0. The Labute approximate surface area is 409 Å². The molecule has 0 bridgehead atoms. The average molecular weight is 920 g/mol. The topological polar surface area (TPSA) is 61.8 Å². The highest BCUT2D eigenvalue weighted by molar-refractivity contribution is 5.70. The number of allylic oxidation sites excluding steroid dienone is 14. The summed E-state index contributed by atoms with van der Waals surface area (Å²) in [5.41, 5.74) is 0. The number of esters is 2. The molecule has 0 aromatic heterocycles. The molecular weight excluding hydrogens is 813 g/mol. The minimum atomic E-state index is -0.574. The molecule has 0 heterocycles. The Kier molecular flexibility index (Phi) is 53.9. The third-order valence-corrected chi connectivity index (χ3v) is 11.9. The zero-order valence-electron chi connectivity index (χ0n) is 43.7. The lowest BCUT2D eigenvalue weighted by molar-refractivity contribution is -0.162. The van der Waals surface area contributed by atoms with Crippen molar-refractivity contribution in [3.05, 3.63) is 85.1 Å². The first-order valence-corrected chi connectivity index (χ1v) is 28.1. The summed E-state index contributed by atoms with van der Waals surface area (Å²) < 4.78 is 17.4. The van der Waals surface area contributed by atoms with Crippen LogP contribution in [-0.4, -0.2) is 37.9 Å². The van der Waals surface area contributed by atoms with Gasteiger partial charge in [0.25, 0.3) is 0 Å². The van der Waals surface area contributed by atoms with E-state index in [0.717, 1.165) is 77.0 Å². The third-order valence-electron chi connectivity index (χ3n) is 11.9. The summed E-state index contributed by atoms with van der Waals surface area (Å²) in [6, 6.07) is 0. The van der Waals surface area contributed by atoms with E-state index < -0.39 is 6.10 Å². The van der Waals surface area contributed by atoms with Crippen LogP contribution in [0.3, 0.4) is 0 Å². The molecule has 0 N–H and O–H groups in total. The number of unbranched alkanes of at least 4 members (excludes halogenated alkanes) is 26. The fourth-order valence-corrected chi connectivity index (χ4v) is 7.76. The van der Waals surface area contributed by atoms with Crippen LogP contribution in [0.2, 0.25) is 0 Å². The summed E-state index contributed by atoms with van der Waals surface area (Å²) in [5.74, 6) is -0.464. The number of hydrogen-bond donors (Lipinski definition) is 0. The molecule has 5 heteroatoms. The second-order valence-electron chi connectivity index (χ2n) is 18.5. The van der Waals surface area contributed by atoms with Gasteiger partial charge in [-0.2, -0.15) is 0 Å². The highest BCUT2D eigenvalue weighted by atomic mass is 16.6. The van der Waals surface area contributed by atoms with E-state index in [0.29, 0.717) is 19.4 Å². The van der Waals surface area contributed by atoms with Gasteiger partial charge in [-0.1, -0.05) is 254 Å². The van der Waals surface area contributed by atoms with Crippen molar-refractivity contribution in [3.8, 4) is 0 Å². The second kappa shape index (κ2) is 56.4. The molecular formula is C61H106O5. The molecule has 5 nitrogen and oxygen atoms in total. The van der Waals surface area contributed by atoms with E-state index in [2.05, 4.69) is 106 Å². The molecule has 0 saturated carbocycles. The molecule has 0 aromatic carbocycles. The van der Waals surface area contributed by atoms with Gasteiger partial charge in [0.15, 0.2) is 6.10 Å². The highest BCUT2D eigenvalue weighted by Gasteiger charge is 2.17. The quantitative estimate of drug-likeness (QED) is 0.0346. The molecule has 380 valence electrons. The Morgan fingerprint density at radius 2 is 0.727 bits per heavy atom. The van der Waals surface area contributed by atoms with Crippen molar-refractivity contribution in [2.45, 2.75) is 271 Å². The zero-order valence-corrected chi connectivity index (χ0v) is 43.7. The van der Waals surface area contributed by atoms with E-state index >= 15 is 0 Å². The first-order valence-electron chi connectivity index (χ1n) is 28.1. The molecule has 0 radical (unpaired) electrons. The minimum absolute atomic E-state index is 0.0575. The van der Waals surface area contributed by atoms with Crippen LogP contribution in [0.15, 0.2) is 85.1 Å². The van der Waals surface area contributed by atoms with E-state index in [9.17, 15) is 9.59 Å². The SMILES string of the molecule is CC/C=C\C/C=C\C/C=C\C/C=C\C/C=C\CCCC(=O)OC(COCCCCCCCC/C=C\C/C=C\CCC)COC(=O)CCCCCCCCCCCCCCCCCCCCC. The van der Waals surface area contributed by atoms with Crippen molar-refractivity contribution in [1.82, 2.24) is 0 Å². The van der Waals surface area contributed by atoms with Crippen molar-refractivity contribution >= 4 is 11.9 Å². The van der Waals surface area contributed by atoms with E-state index in [-0.39, 0.29) is 25.2 Å². The smallest absolute Gasteiger partial charge is 0.306 e. The number of rotatable bonds is 51.